The minimum absolute atomic E-state index is 0.182. The van der Waals surface area contributed by atoms with Crippen molar-refractivity contribution < 1.29 is 9.00 Å². The predicted molar refractivity (Wildman–Crippen MR) is 98.1 cm³/mol. The fourth-order valence-electron chi connectivity index (χ4n) is 1.92. The number of hydrogen-bond donors (Lipinski definition) is 1. The van der Waals surface area contributed by atoms with Crippen LogP contribution < -0.4 is 5.32 Å². The number of benzene rings is 2. The minimum atomic E-state index is -1.06. The van der Waals surface area contributed by atoms with Gasteiger partial charge in [-0.1, -0.05) is 66.2 Å². The van der Waals surface area contributed by atoms with Crippen molar-refractivity contribution in [1.82, 2.24) is 0 Å². The van der Waals surface area contributed by atoms with Crippen LogP contribution in [-0.2, 0) is 15.6 Å². The van der Waals surface area contributed by atoms with Gasteiger partial charge < -0.3 is 5.32 Å². The molecule has 1 unspecified atom stereocenters. The molecule has 23 heavy (non-hydrogen) atoms. The Morgan fingerprint density at radius 3 is 2.52 bits per heavy atom. The Labute approximate surface area is 143 Å². The fourth-order valence-corrected chi connectivity index (χ4v) is 2.99. The lowest BCUT2D eigenvalue weighted by atomic mass is 10.2. The smallest absolute Gasteiger partial charge is 0.225 e. The number of hydrogen-bond acceptors (Lipinski definition) is 2. The Bertz CT molecular complexity index is 701. The molecule has 2 aromatic carbocycles. The van der Waals surface area contributed by atoms with E-state index in [1.165, 1.54) is 0 Å². The summed E-state index contributed by atoms with van der Waals surface area (Å²) in [4.78, 5) is 11.8. The van der Waals surface area contributed by atoms with Crippen molar-refractivity contribution >= 4 is 40.1 Å². The van der Waals surface area contributed by atoms with Gasteiger partial charge in [0.1, 0.15) is 0 Å². The Morgan fingerprint density at radius 2 is 1.78 bits per heavy atom. The molecule has 1 N–H and O–H groups in total. The first-order chi connectivity index (χ1) is 11.1. The maximum absolute atomic E-state index is 11.9. The highest BCUT2D eigenvalue weighted by atomic mass is 35.5. The van der Waals surface area contributed by atoms with E-state index in [1.807, 2.05) is 42.5 Å². The van der Waals surface area contributed by atoms with E-state index in [1.54, 1.807) is 24.3 Å². The van der Waals surface area contributed by atoms with Crippen LogP contribution in [-0.4, -0.2) is 21.6 Å². The molecule has 5 heteroatoms. The van der Waals surface area contributed by atoms with Crippen molar-refractivity contribution in [1.29, 1.82) is 0 Å². The van der Waals surface area contributed by atoms with Crippen molar-refractivity contribution in [2.24, 2.45) is 0 Å². The Morgan fingerprint density at radius 1 is 1.09 bits per heavy atom. The van der Waals surface area contributed by atoms with Crippen molar-refractivity contribution in [3.8, 4) is 0 Å². The zero-order valence-electron chi connectivity index (χ0n) is 12.6. The second-order valence-corrected chi connectivity index (χ2v) is 6.93. The molecule has 0 aliphatic carbocycles. The summed E-state index contributed by atoms with van der Waals surface area (Å²) in [6, 6.07) is 16.9. The van der Waals surface area contributed by atoms with Crippen LogP contribution in [0.5, 0.6) is 0 Å². The molecule has 2 rings (SSSR count). The first-order valence-corrected chi connectivity index (χ1v) is 9.12. The second kappa shape index (κ2) is 9.28. The van der Waals surface area contributed by atoms with Gasteiger partial charge in [0.2, 0.25) is 5.91 Å². The van der Waals surface area contributed by atoms with E-state index >= 15 is 0 Å². The van der Waals surface area contributed by atoms with Gasteiger partial charge in [-0.25, -0.2) is 0 Å². The third-order valence-corrected chi connectivity index (χ3v) is 4.65. The number of carbonyl (C=O) groups is 1. The second-order valence-electron chi connectivity index (χ2n) is 4.90. The molecule has 0 aliphatic heterocycles. The van der Waals surface area contributed by atoms with E-state index in [9.17, 15) is 9.00 Å². The SMILES string of the molecule is O=C(CCS(=O)C/C=C/c1ccccc1)Nc1ccccc1Cl. The predicted octanol–water partition coefficient (Wildman–Crippen LogP) is 4.13. The highest BCUT2D eigenvalue weighted by molar-refractivity contribution is 7.85. The average Bonchev–Trinajstić information content (AvgIpc) is 2.56. The number of carbonyl (C=O) groups excluding carboxylic acids is 1. The topological polar surface area (TPSA) is 46.2 Å². The zero-order valence-corrected chi connectivity index (χ0v) is 14.1. The van der Waals surface area contributed by atoms with Gasteiger partial charge in [0.15, 0.2) is 0 Å². The molecule has 0 saturated carbocycles. The van der Waals surface area contributed by atoms with Gasteiger partial charge in [-0.15, -0.1) is 0 Å². The van der Waals surface area contributed by atoms with Gasteiger partial charge >= 0.3 is 0 Å². The normalized spacial score (nSPS) is 12.2. The number of para-hydroxylation sites is 1. The lowest BCUT2D eigenvalue weighted by molar-refractivity contribution is -0.115. The molecule has 1 amide bonds. The van der Waals surface area contributed by atoms with Crippen molar-refractivity contribution in [2.45, 2.75) is 6.42 Å². The maximum Gasteiger partial charge on any atom is 0.225 e. The quantitative estimate of drug-likeness (QED) is 0.818. The van der Waals surface area contributed by atoms with Crippen LogP contribution in [0.3, 0.4) is 0 Å². The van der Waals surface area contributed by atoms with E-state index in [2.05, 4.69) is 5.32 Å². The van der Waals surface area contributed by atoms with Crippen LogP contribution in [0.25, 0.3) is 6.08 Å². The summed E-state index contributed by atoms with van der Waals surface area (Å²) in [6.45, 7) is 0. The molecule has 3 nitrogen and oxygen atoms in total. The van der Waals surface area contributed by atoms with Gasteiger partial charge in [0, 0.05) is 28.7 Å². The molecule has 0 radical (unpaired) electrons. The van der Waals surface area contributed by atoms with Crippen LogP contribution in [0, 0.1) is 0 Å². The van der Waals surface area contributed by atoms with Gasteiger partial charge in [0.05, 0.1) is 10.7 Å². The monoisotopic (exact) mass is 347 g/mol. The van der Waals surface area contributed by atoms with Crippen molar-refractivity contribution in [2.75, 3.05) is 16.8 Å². The van der Waals surface area contributed by atoms with E-state index in [4.69, 9.17) is 11.6 Å². The summed E-state index contributed by atoms with van der Waals surface area (Å²) in [6.07, 6.45) is 4.01. The molecule has 0 spiro atoms. The Balaban J connectivity index is 1.73. The van der Waals surface area contributed by atoms with Crippen LogP contribution in [0.1, 0.15) is 12.0 Å². The lowest BCUT2D eigenvalue weighted by Gasteiger charge is -2.06. The number of amides is 1. The summed E-state index contributed by atoms with van der Waals surface area (Å²) in [7, 11) is -1.06. The first kappa shape index (κ1) is 17.4. The van der Waals surface area contributed by atoms with Gasteiger partial charge in [0.25, 0.3) is 0 Å². The largest absolute Gasteiger partial charge is 0.325 e. The number of halogens is 1. The lowest BCUT2D eigenvalue weighted by Crippen LogP contribution is -2.15. The van der Waals surface area contributed by atoms with Crippen LogP contribution in [0.4, 0.5) is 5.69 Å². The summed E-state index contributed by atoms with van der Waals surface area (Å²) >= 11 is 5.97. The van der Waals surface area contributed by atoms with E-state index in [0.717, 1.165) is 5.56 Å². The highest BCUT2D eigenvalue weighted by Gasteiger charge is 2.07. The molecule has 0 bridgehead atoms. The first-order valence-electron chi connectivity index (χ1n) is 7.26. The molecule has 0 aliphatic rings. The molecular formula is C18H18ClNO2S. The van der Waals surface area contributed by atoms with Crippen molar-refractivity contribution in [3.63, 3.8) is 0 Å². The third-order valence-electron chi connectivity index (χ3n) is 3.10. The molecule has 0 fully saturated rings. The molecule has 0 aromatic heterocycles. The van der Waals surface area contributed by atoms with Crippen LogP contribution >= 0.6 is 11.6 Å². The maximum atomic E-state index is 11.9. The summed E-state index contributed by atoms with van der Waals surface area (Å²) in [5.74, 6) is 0.586. The fraction of sp³-hybridized carbons (Fsp3) is 0.167. The van der Waals surface area contributed by atoms with E-state index in [0.29, 0.717) is 22.2 Å². The molecule has 0 heterocycles. The summed E-state index contributed by atoms with van der Waals surface area (Å²) in [5.41, 5.74) is 1.65. The highest BCUT2D eigenvalue weighted by Crippen LogP contribution is 2.20. The summed E-state index contributed by atoms with van der Waals surface area (Å²) < 4.78 is 11.9. The number of rotatable bonds is 7. The molecule has 0 saturated heterocycles. The van der Waals surface area contributed by atoms with Crippen LogP contribution in [0.15, 0.2) is 60.7 Å². The molecule has 1 atom stereocenters. The third kappa shape index (κ3) is 6.38. The van der Waals surface area contributed by atoms with Gasteiger partial charge in [-0.05, 0) is 17.7 Å². The van der Waals surface area contributed by atoms with Crippen LogP contribution in [0.2, 0.25) is 5.02 Å². The van der Waals surface area contributed by atoms with Crippen molar-refractivity contribution in [3.05, 3.63) is 71.3 Å². The Kier molecular flexibility index (Phi) is 7.04. The minimum Gasteiger partial charge on any atom is -0.325 e. The molecule has 2 aromatic rings. The van der Waals surface area contributed by atoms with E-state index in [-0.39, 0.29) is 12.3 Å². The number of nitrogens with one attached hydrogen (secondary N) is 1. The molecule has 120 valence electrons. The summed E-state index contributed by atoms with van der Waals surface area (Å²) in [5, 5.41) is 3.22. The zero-order chi connectivity index (χ0) is 16.5. The standard InChI is InChI=1S/C18H18ClNO2S/c19-16-10-4-5-11-17(16)20-18(21)12-14-23(22)13-6-9-15-7-2-1-3-8-15/h1-11H,12-14H2,(H,20,21)/b9-6+. The van der Waals surface area contributed by atoms with Gasteiger partial charge in [-0.2, -0.15) is 0 Å². The number of anilines is 1. The van der Waals surface area contributed by atoms with E-state index < -0.39 is 10.8 Å². The van der Waals surface area contributed by atoms with Gasteiger partial charge in [-0.3, -0.25) is 9.00 Å². The Hall–Kier alpha value is -1.91. The average molecular weight is 348 g/mol. The molecular weight excluding hydrogens is 330 g/mol.